The molecule has 0 amide bonds. The minimum atomic E-state index is 0. The van der Waals surface area contributed by atoms with Crippen LogP contribution in [0.1, 0.15) is 14.4 Å². The van der Waals surface area contributed by atoms with Gasteiger partial charge < -0.3 is 0 Å². The molecule has 0 aromatic rings. The van der Waals surface area contributed by atoms with Crippen LogP contribution < -0.4 is 0 Å². The second kappa shape index (κ2) is 20.2. The van der Waals surface area contributed by atoms with Gasteiger partial charge in [0.1, 0.15) is 0 Å². The number of allylic oxidation sites excluding steroid dienone is 8. The molecule has 0 heterocycles. The lowest BCUT2D eigenvalue weighted by molar-refractivity contribution is 1.49. The normalized spacial score (nSPS) is 7.06. The number of rotatable bonds is 5. The van der Waals surface area contributed by atoms with Gasteiger partial charge in [0.15, 0.2) is 0 Å². The van der Waals surface area contributed by atoms with Crippen LogP contribution in [0, 0.1) is 12.8 Å². The van der Waals surface area contributed by atoms with E-state index in [0.29, 0.717) is 0 Å². The molecule has 0 atom stereocenters. The van der Waals surface area contributed by atoms with E-state index in [0.717, 1.165) is 16.7 Å². The van der Waals surface area contributed by atoms with Crippen LogP contribution in [0.25, 0.3) is 0 Å². The highest BCUT2D eigenvalue weighted by Gasteiger charge is 1.98. The van der Waals surface area contributed by atoms with Crippen molar-refractivity contribution in [1.82, 2.24) is 0 Å². The van der Waals surface area contributed by atoms with E-state index in [4.69, 9.17) is 0 Å². The summed E-state index contributed by atoms with van der Waals surface area (Å²) in [7, 11) is 0. The van der Waals surface area contributed by atoms with E-state index in [9.17, 15) is 0 Å². The summed E-state index contributed by atoms with van der Waals surface area (Å²) >= 11 is 0. The van der Waals surface area contributed by atoms with Gasteiger partial charge in [-0.15, -0.1) is 26.0 Å². The van der Waals surface area contributed by atoms with E-state index in [1.165, 1.54) is 0 Å². The summed E-state index contributed by atoms with van der Waals surface area (Å²) in [6, 6.07) is 0. The molecule has 18 heavy (non-hydrogen) atoms. The zero-order chi connectivity index (χ0) is 14.3. The molecular formula is C18H26. The minimum Gasteiger partial charge on any atom is -0.124 e. The first-order chi connectivity index (χ1) is 8.21. The maximum Gasteiger partial charge on any atom is -0.0124 e. The van der Waals surface area contributed by atoms with Crippen LogP contribution >= 0.6 is 0 Å². The summed E-state index contributed by atoms with van der Waals surface area (Å²) < 4.78 is 0. The Bertz CT molecular complexity index is 322. The van der Waals surface area contributed by atoms with Gasteiger partial charge in [0, 0.05) is 0 Å². The van der Waals surface area contributed by atoms with Crippen LogP contribution in [-0.2, 0) is 0 Å². The Hall–Kier alpha value is -2.26. The van der Waals surface area contributed by atoms with E-state index in [2.05, 4.69) is 52.3 Å². The Balaban J connectivity index is -0.000000177. The molecule has 98 valence electrons. The Morgan fingerprint density at radius 3 is 1.56 bits per heavy atom. The van der Waals surface area contributed by atoms with Crippen molar-refractivity contribution in [1.29, 1.82) is 0 Å². The second-order valence-electron chi connectivity index (χ2n) is 2.51. The molecule has 0 nitrogen and oxygen atoms in total. The smallest absolute Gasteiger partial charge is 0.0124 e. The third kappa shape index (κ3) is 10.3. The zero-order valence-electron chi connectivity index (χ0n) is 10.8. The monoisotopic (exact) mass is 242 g/mol. The van der Waals surface area contributed by atoms with Crippen molar-refractivity contribution >= 4 is 0 Å². The van der Waals surface area contributed by atoms with Crippen LogP contribution in [0.2, 0.25) is 0 Å². The summed E-state index contributed by atoms with van der Waals surface area (Å²) in [4.78, 5) is 0. The summed E-state index contributed by atoms with van der Waals surface area (Å²) in [5.74, 6) is 0. The topological polar surface area (TPSA) is 0 Å². The van der Waals surface area contributed by atoms with Gasteiger partial charge in [0.25, 0.3) is 0 Å². The van der Waals surface area contributed by atoms with Crippen molar-refractivity contribution < 1.29 is 0 Å². The maximum atomic E-state index is 4.00. The molecular weight excluding hydrogens is 216 g/mol. The van der Waals surface area contributed by atoms with E-state index >= 15 is 0 Å². The maximum absolute atomic E-state index is 4.00. The van der Waals surface area contributed by atoms with Gasteiger partial charge in [-0.2, -0.15) is 0 Å². The minimum absolute atomic E-state index is 0. The lowest BCUT2D eigenvalue weighted by Gasteiger charge is -2.04. The zero-order valence-corrected chi connectivity index (χ0v) is 10.8. The summed E-state index contributed by atoms with van der Waals surface area (Å²) in [6.07, 6.45) is 17.1. The molecule has 0 rings (SSSR count). The Kier molecular flexibility index (Phi) is 27.8. The molecule has 0 bridgehead atoms. The summed E-state index contributed by atoms with van der Waals surface area (Å²) in [6.45, 7) is 23.0. The van der Waals surface area contributed by atoms with Crippen LogP contribution in [0.3, 0.4) is 0 Å². The van der Waals surface area contributed by atoms with Crippen LogP contribution in [-0.4, -0.2) is 0 Å². The third-order valence-corrected chi connectivity index (χ3v) is 1.67. The molecule has 0 radical (unpaired) electrons. The lowest BCUT2D eigenvalue weighted by Crippen LogP contribution is -1.85. The molecule has 0 heteroatoms. The average molecular weight is 242 g/mol. The molecule has 0 aliphatic carbocycles. The Labute approximate surface area is 114 Å². The first-order valence-corrected chi connectivity index (χ1v) is 4.98. The molecule has 0 spiro atoms. The van der Waals surface area contributed by atoms with Crippen molar-refractivity contribution in [2.75, 3.05) is 0 Å². The Morgan fingerprint density at radius 1 is 0.944 bits per heavy atom. The lowest BCUT2D eigenvalue weighted by atomic mass is 10.0. The second-order valence-corrected chi connectivity index (χ2v) is 2.51. The predicted octanol–water partition coefficient (Wildman–Crippen LogP) is 5.66. The van der Waals surface area contributed by atoms with Crippen molar-refractivity contribution in [2.45, 2.75) is 14.4 Å². The fourth-order valence-corrected chi connectivity index (χ4v) is 1.03. The summed E-state index contributed by atoms with van der Waals surface area (Å²) in [5, 5.41) is 0. The molecule has 0 unspecified atom stereocenters. The summed E-state index contributed by atoms with van der Waals surface area (Å²) in [5.41, 5.74) is 2.86. The molecule has 0 aromatic heterocycles. The molecule has 0 saturated heterocycles. The highest BCUT2D eigenvalue weighted by atomic mass is 14.0. The predicted molar refractivity (Wildman–Crippen MR) is 89.4 cm³/mol. The standard InChI is InChI=1S/C13H16.C2H4.C2H2.CH4/c1-6-10-11(5)13(9-4)12(7-2)8-3;2*1-2;/h6-10H,2-5H2,1H3;1-2H2;1-2H;1H4/b10-6-;;;. The first-order valence-electron chi connectivity index (χ1n) is 4.98. The first kappa shape index (κ1) is 24.8. The molecule has 0 aromatic carbocycles. The highest BCUT2D eigenvalue weighted by Crippen LogP contribution is 2.17. The highest BCUT2D eigenvalue weighted by molar-refractivity contribution is 5.52. The van der Waals surface area contributed by atoms with Crippen LogP contribution in [0.15, 0.2) is 86.6 Å². The SMILES string of the molecule is C.C#C.C=C.C=CC(C=C)=C(C=C)C(=C)/C=C\C. The van der Waals surface area contributed by atoms with E-state index in [1.54, 1.807) is 18.2 Å². The van der Waals surface area contributed by atoms with Gasteiger partial charge in [-0.05, 0) is 23.6 Å². The molecule has 0 saturated carbocycles. The van der Waals surface area contributed by atoms with Gasteiger partial charge in [0.2, 0.25) is 0 Å². The van der Waals surface area contributed by atoms with Crippen LogP contribution in [0.4, 0.5) is 0 Å². The molecule has 0 aliphatic rings. The van der Waals surface area contributed by atoms with E-state index in [-0.39, 0.29) is 7.43 Å². The van der Waals surface area contributed by atoms with E-state index in [1.807, 2.05) is 19.1 Å². The van der Waals surface area contributed by atoms with Gasteiger partial charge in [-0.1, -0.05) is 64.1 Å². The number of hydrogen-bond acceptors (Lipinski definition) is 0. The number of hydrogen-bond donors (Lipinski definition) is 0. The van der Waals surface area contributed by atoms with Gasteiger partial charge in [0.05, 0.1) is 0 Å². The molecule has 0 fully saturated rings. The largest absolute Gasteiger partial charge is 0.124 e. The van der Waals surface area contributed by atoms with Crippen molar-refractivity contribution in [3.8, 4) is 12.8 Å². The van der Waals surface area contributed by atoms with Crippen molar-refractivity contribution in [3.63, 3.8) is 0 Å². The van der Waals surface area contributed by atoms with Crippen molar-refractivity contribution in [2.24, 2.45) is 0 Å². The van der Waals surface area contributed by atoms with Gasteiger partial charge in [-0.3, -0.25) is 0 Å². The van der Waals surface area contributed by atoms with E-state index < -0.39 is 0 Å². The van der Waals surface area contributed by atoms with Gasteiger partial charge >= 0.3 is 0 Å². The molecule has 0 aliphatic heterocycles. The van der Waals surface area contributed by atoms with Crippen molar-refractivity contribution in [3.05, 3.63) is 86.6 Å². The van der Waals surface area contributed by atoms with Gasteiger partial charge in [-0.25, -0.2) is 0 Å². The third-order valence-electron chi connectivity index (χ3n) is 1.67. The fourth-order valence-electron chi connectivity index (χ4n) is 1.03. The average Bonchev–Trinajstić information content (AvgIpc) is 2.40. The molecule has 0 N–H and O–H groups in total. The fraction of sp³-hybridized carbons (Fsp3) is 0.111. The number of terminal acetylenes is 1. The quantitative estimate of drug-likeness (QED) is 0.331. The Morgan fingerprint density at radius 2 is 1.33 bits per heavy atom. The van der Waals surface area contributed by atoms with Crippen LogP contribution in [0.5, 0.6) is 0 Å².